The summed E-state index contributed by atoms with van der Waals surface area (Å²) in [7, 11) is 0. The van der Waals surface area contributed by atoms with Gasteiger partial charge in [-0.15, -0.1) is 0 Å². The first-order valence-electron chi connectivity index (χ1n) is 10.4. The molecule has 0 bridgehead atoms. The molecule has 0 unspecified atom stereocenters. The van der Waals surface area contributed by atoms with Crippen molar-refractivity contribution in [2.75, 3.05) is 23.3 Å². The summed E-state index contributed by atoms with van der Waals surface area (Å²) < 4.78 is 19.8. The van der Waals surface area contributed by atoms with Gasteiger partial charge < -0.3 is 15.0 Å². The van der Waals surface area contributed by atoms with Crippen LogP contribution in [0.5, 0.6) is 11.6 Å². The number of hydrogen-bond acceptors (Lipinski definition) is 5. The zero-order chi connectivity index (χ0) is 21.8. The molecule has 1 saturated heterocycles. The Kier molecular flexibility index (Phi) is 6.11. The van der Waals surface area contributed by atoms with E-state index >= 15 is 0 Å². The summed E-state index contributed by atoms with van der Waals surface area (Å²) in [6.07, 6.45) is 4.59. The molecule has 160 valence electrons. The molecular formula is C24H25FN4O2. The molecule has 0 spiro atoms. The Hall–Kier alpha value is -3.48. The Labute approximate surface area is 181 Å². The lowest BCUT2D eigenvalue weighted by atomic mass is 9.95. The largest absolute Gasteiger partial charge is 0.436 e. The number of rotatable bonds is 5. The number of nitrogens with zero attached hydrogens (tertiary/aromatic N) is 3. The summed E-state index contributed by atoms with van der Waals surface area (Å²) >= 11 is 0. The van der Waals surface area contributed by atoms with E-state index in [4.69, 9.17) is 4.74 Å². The third-order valence-corrected chi connectivity index (χ3v) is 5.55. The quantitative estimate of drug-likeness (QED) is 0.637. The van der Waals surface area contributed by atoms with Crippen LogP contribution in [-0.4, -0.2) is 29.0 Å². The Balaban J connectivity index is 1.40. The van der Waals surface area contributed by atoms with Crippen molar-refractivity contribution in [2.24, 2.45) is 5.92 Å². The van der Waals surface area contributed by atoms with E-state index in [9.17, 15) is 9.18 Å². The van der Waals surface area contributed by atoms with E-state index in [2.05, 4.69) is 20.2 Å². The fourth-order valence-electron chi connectivity index (χ4n) is 3.65. The first kappa shape index (κ1) is 20.8. The molecule has 4 rings (SSSR count). The van der Waals surface area contributed by atoms with Crippen molar-refractivity contribution in [1.82, 2.24) is 9.97 Å². The summed E-state index contributed by atoms with van der Waals surface area (Å²) in [5, 5.41) is 2.83. The summed E-state index contributed by atoms with van der Waals surface area (Å²) in [5.74, 6) is 1.32. The van der Waals surface area contributed by atoms with Crippen LogP contribution in [0.25, 0.3) is 0 Å². The van der Waals surface area contributed by atoms with Crippen LogP contribution in [-0.2, 0) is 4.79 Å². The van der Waals surface area contributed by atoms with Crippen LogP contribution >= 0.6 is 0 Å². The minimum absolute atomic E-state index is 0.0848. The lowest BCUT2D eigenvalue weighted by Crippen LogP contribution is -2.38. The first-order chi connectivity index (χ1) is 15.0. The Morgan fingerprint density at radius 2 is 1.81 bits per heavy atom. The van der Waals surface area contributed by atoms with Gasteiger partial charge in [0.05, 0.1) is 0 Å². The number of halogens is 1. The number of carbonyl (C=O) groups excluding carboxylic acids is 1. The minimum atomic E-state index is -0.323. The molecule has 31 heavy (non-hydrogen) atoms. The summed E-state index contributed by atoms with van der Waals surface area (Å²) in [4.78, 5) is 23.6. The van der Waals surface area contributed by atoms with Gasteiger partial charge in [-0.3, -0.25) is 4.79 Å². The van der Waals surface area contributed by atoms with Gasteiger partial charge >= 0.3 is 0 Å². The summed E-state index contributed by atoms with van der Waals surface area (Å²) in [6.45, 7) is 4.99. The molecule has 7 heteroatoms. The molecule has 2 aromatic carbocycles. The number of anilines is 2. The number of carbonyl (C=O) groups is 1. The highest BCUT2D eigenvalue weighted by Gasteiger charge is 2.27. The lowest BCUT2D eigenvalue weighted by Gasteiger charge is -2.32. The molecule has 1 N–H and O–H groups in total. The van der Waals surface area contributed by atoms with Crippen molar-refractivity contribution >= 4 is 17.4 Å². The lowest BCUT2D eigenvalue weighted by molar-refractivity contribution is -0.120. The van der Waals surface area contributed by atoms with Crippen molar-refractivity contribution in [3.63, 3.8) is 0 Å². The second kappa shape index (κ2) is 9.12. The number of para-hydroxylation sites is 1. The monoisotopic (exact) mass is 420 g/mol. The maximum Gasteiger partial charge on any atom is 0.263 e. The molecule has 1 amide bonds. The number of hydrogen-bond donors (Lipinski definition) is 1. The van der Waals surface area contributed by atoms with E-state index in [1.165, 1.54) is 6.07 Å². The average molecular weight is 420 g/mol. The molecule has 0 radical (unpaired) electrons. The van der Waals surface area contributed by atoms with E-state index in [0.29, 0.717) is 48.9 Å². The standard InChI is InChI=1S/C24H25FN4O2/c1-16-7-8-19(15-20(16)25)28-23(30)18-9-13-29(14-10-18)22-24(27-12-11-26-22)31-21-6-4-3-5-17(21)2/h3-8,11-12,15,18H,9-10,13-14H2,1-2H3,(H,28,30). The van der Waals surface area contributed by atoms with Gasteiger partial charge in [0.15, 0.2) is 5.82 Å². The van der Waals surface area contributed by atoms with Crippen LogP contribution < -0.4 is 15.0 Å². The van der Waals surface area contributed by atoms with Gasteiger partial charge in [0.25, 0.3) is 5.88 Å². The number of aromatic nitrogens is 2. The SMILES string of the molecule is Cc1ccc(NC(=O)C2CCN(c3nccnc3Oc3ccccc3C)CC2)cc1F. The van der Waals surface area contributed by atoms with Gasteiger partial charge in [0.2, 0.25) is 5.91 Å². The first-order valence-corrected chi connectivity index (χ1v) is 10.4. The molecule has 6 nitrogen and oxygen atoms in total. The van der Waals surface area contributed by atoms with E-state index < -0.39 is 0 Å². The fourth-order valence-corrected chi connectivity index (χ4v) is 3.65. The van der Waals surface area contributed by atoms with Crippen molar-refractivity contribution in [1.29, 1.82) is 0 Å². The van der Waals surface area contributed by atoms with Gasteiger partial charge in [0, 0.05) is 37.1 Å². The number of ether oxygens (including phenoxy) is 1. The van der Waals surface area contributed by atoms with Crippen LogP contribution in [0, 0.1) is 25.6 Å². The zero-order valence-corrected chi connectivity index (χ0v) is 17.6. The maximum atomic E-state index is 13.7. The molecule has 0 atom stereocenters. The van der Waals surface area contributed by atoms with Crippen LogP contribution in [0.15, 0.2) is 54.9 Å². The Bertz CT molecular complexity index is 1080. The van der Waals surface area contributed by atoms with Crippen LogP contribution in [0.3, 0.4) is 0 Å². The van der Waals surface area contributed by atoms with Crippen molar-refractivity contribution < 1.29 is 13.9 Å². The number of amides is 1. The average Bonchev–Trinajstić information content (AvgIpc) is 2.78. The van der Waals surface area contributed by atoms with Crippen molar-refractivity contribution in [3.8, 4) is 11.6 Å². The highest BCUT2D eigenvalue weighted by Crippen LogP contribution is 2.32. The van der Waals surface area contributed by atoms with E-state index in [0.717, 1.165) is 11.3 Å². The minimum Gasteiger partial charge on any atom is -0.436 e. The highest BCUT2D eigenvalue weighted by atomic mass is 19.1. The second-order valence-electron chi connectivity index (χ2n) is 7.77. The topological polar surface area (TPSA) is 67.4 Å². The van der Waals surface area contributed by atoms with E-state index in [1.54, 1.807) is 31.5 Å². The van der Waals surface area contributed by atoms with Crippen molar-refractivity contribution in [2.45, 2.75) is 26.7 Å². The van der Waals surface area contributed by atoms with E-state index in [1.807, 2.05) is 31.2 Å². The molecule has 1 aromatic heterocycles. The fraction of sp³-hybridized carbons (Fsp3) is 0.292. The van der Waals surface area contributed by atoms with Crippen LogP contribution in [0.2, 0.25) is 0 Å². The maximum absolute atomic E-state index is 13.7. The van der Waals surface area contributed by atoms with E-state index in [-0.39, 0.29) is 17.6 Å². The highest BCUT2D eigenvalue weighted by molar-refractivity contribution is 5.92. The number of aryl methyl sites for hydroxylation is 2. The van der Waals surface area contributed by atoms with Gasteiger partial charge in [-0.25, -0.2) is 14.4 Å². The number of nitrogens with one attached hydrogen (secondary N) is 1. The van der Waals surface area contributed by atoms with Gasteiger partial charge in [-0.05, 0) is 56.0 Å². The predicted octanol–water partition coefficient (Wildman–Crippen LogP) is 4.88. The molecule has 2 heterocycles. The Morgan fingerprint density at radius 3 is 2.55 bits per heavy atom. The van der Waals surface area contributed by atoms with Gasteiger partial charge in [-0.1, -0.05) is 24.3 Å². The van der Waals surface area contributed by atoms with Gasteiger partial charge in [-0.2, -0.15) is 0 Å². The van der Waals surface area contributed by atoms with Gasteiger partial charge in [0.1, 0.15) is 11.6 Å². The summed E-state index contributed by atoms with van der Waals surface area (Å²) in [6, 6.07) is 12.5. The predicted molar refractivity (Wildman–Crippen MR) is 118 cm³/mol. The molecular weight excluding hydrogens is 395 g/mol. The molecule has 1 aliphatic rings. The summed E-state index contributed by atoms with van der Waals surface area (Å²) in [5.41, 5.74) is 2.05. The third kappa shape index (κ3) is 4.82. The second-order valence-corrected chi connectivity index (χ2v) is 7.77. The van der Waals surface area contributed by atoms with Crippen molar-refractivity contribution in [3.05, 3.63) is 71.8 Å². The molecule has 0 saturated carbocycles. The normalized spacial score (nSPS) is 14.4. The smallest absolute Gasteiger partial charge is 0.263 e. The molecule has 1 aliphatic heterocycles. The molecule has 3 aromatic rings. The zero-order valence-electron chi connectivity index (χ0n) is 17.6. The molecule has 1 fully saturated rings. The Morgan fingerprint density at radius 1 is 1.06 bits per heavy atom. The molecule has 0 aliphatic carbocycles. The third-order valence-electron chi connectivity index (χ3n) is 5.55. The number of benzene rings is 2. The van der Waals surface area contributed by atoms with Crippen LogP contribution in [0.1, 0.15) is 24.0 Å². The number of piperidine rings is 1. The van der Waals surface area contributed by atoms with Crippen LogP contribution in [0.4, 0.5) is 15.9 Å².